The minimum atomic E-state index is 0. The van der Waals surface area contributed by atoms with Crippen molar-refractivity contribution in [3.05, 3.63) is 175 Å². The van der Waals surface area contributed by atoms with Gasteiger partial charge in [0, 0.05) is 17.6 Å². The van der Waals surface area contributed by atoms with Crippen molar-refractivity contribution in [3.63, 3.8) is 0 Å². The monoisotopic (exact) mass is 787 g/mol. The first kappa shape index (κ1) is 33.2. The van der Waals surface area contributed by atoms with Gasteiger partial charge in [0.25, 0.3) is 0 Å². The second kappa shape index (κ2) is 15.9. The molecule has 0 amide bonds. The number of furan rings is 1. The maximum absolute atomic E-state index is 5.89. The van der Waals surface area contributed by atoms with Gasteiger partial charge in [-0.05, 0) is 67.0 Å². The van der Waals surface area contributed by atoms with E-state index in [0.717, 1.165) is 72.7 Å². The van der Waals surface area contributed by atoms with Crippen LogP contribution in [0.4, 0.5) is 0 Å². The minimum absolute atomic E-state index is 0. The topological polar surface area (TPSA) is 51.8 Å². The Morgan fingerprint density at radius 3 is 1.68 bits per heavy atom. The Balaban J connectivity index is 0.000000142. The van der Waals surface area contributed by atoms with E-state index < -0.39 is 0 Å². The fourth-order valence-electron chi connectivity index (χ4n) is 4.93. The third kappa shape index (κ3) is 8.53. The molecule has 5 heteroatoms. The maximum Gasteiger partial charge on any atom is 3.00 e. The van der Waals surface area contributed by atoms with Crippen molar-refractivity contribution >= 4 is 21.9 Å². The van der Waals surface area contributed by atoms with E-state index in [2.05, 4.69) is 45.3 Å². The van der Waals surface area contributed by atoms with Crippen LogP contribution in [0.1, 0.15) is 17.0 Å². The summed E-state index contributed by atoms with van der Waals surface area (Å²) in [6.07, 6.45) is 1.87. The van der Waals surface area contributed by atoms with Crippen LogP contribution in [0.15, 0.2) is 144 Å². The molecule has 4 heterocycles. The molecular weight excluding hydrogens is 755 g/mol. The summed E-state index contributed by atoms with van der Waals surface area (Å²) in [7, 11) is 0. The molecule has 0 aliphatic carbocycles. The van der Waals surface area contributed by atoms with Gasteiger partial charge in [-0.25, -0.2) is 0 Å². The number of fused-ring (bicyclic) bond motifs is 3. The predicted molar refractivity (Wildman–Crippen MR) is 187 cm³/mol. The summed E-state index contributed by atoms with van der Waals surface area (Å²) in [5.74, 6) is 0. The van der Waals surface area contributed by atoms with Crippen molar-refractivity contribution in [1.29, 1.82) is 0 Å². The molecule has 0 aliphatic rings. The molecule has 0 saturated carbocycles. The van der Waals surface area contributed by atoms with Crippen LogP contribution in [0.2, 0.25) is 0 Å². The van der Waals surface area contributed by atoms with Crippen molar-refractivity contribution in [1.82, 2.24) is 15.0 Å². The molecule has 0 bridgehead atoms. The van der Waals surface area contributed by atoms with Gasteiger partial charge in [0.1, 0.15) is 5.58 Å². The van der Waals surface area contributed by atoms with E-state index in [1.54, 1.807) is 0 Å². The van der Waals surface area contributed by atoms with E-state index in [-0.39, 0.29) is 20.1 Å². The number of pyridine rings is 3. The van der Waals surface area contributed by atoms with Gasteiger partial charge in [-0.3, -0.25) is 0 Å². The number of nitrogens with zero attached hydrogens (tertiary/aromatic N) is 3. The van der Waals surface area contributed by atoms with Gasteiger partial charge in [-0.1, -0.05) is 66.0 Å². The molecule has 0 radical (unpaired) electrons. The van der Waals surface area contributed by atoms with Crippen LogP contribution >= 0.6 is 0 Å². The second-order valence-corrected chi connectivity index (χ2v) is 10.8. The fraction of sp³-hybridized carbons (Fsp3) is 0.0714. The van der Waals surface area contributed by atoms with Crippen molar-refractivity contribution in [3.8, 4) is 33.8 Å². The van der Waals surface area contributed by atoms with Crippen LogP contribution in [-0.4, -0.2) is 15.0 Å². The molecule has 0 saturated heterocycles. The molecule has 0 fully saturated rings. The number of para-hydroxylation sites is 1. The number of rotatable bonds is 3. The smallest absolute Gasteiger partial charge is 0.476 e. The van der Waals surface area contributed by atoms with Crippen LogP contribution in [0.3, 0.4) is 0 Å². The van der Waals surface area contributed by atoms with E-state index in [0.29, 0.717) is 0 Å². The van der Waals surface area contributed by atoms with E-state index in [9.17, 15) is 0 Å². The van der Waals surface area contributed by atoms with E-state index in [1.165, 1.54) is 0 Å². The largest absolute Gasteiger partial charge is 3.00 e. The van der Waals surface area contributed by atoms with E-state index in [4.69, 9.17) is 4.42 Å². The average Bonchev–Trinajstić information content (AvgIpc) is 3.48. The zero-order valence-electron chi connectivity index (χ0n) is 26.4. The molecule has 230 valence electrons. The van der Waals surface area contributed by atoms with Crippen molar-refractivity contribution in [2.75, 3.05) is 0 Å². The van der Waals surface area contributed by atoms with Gasteiger partial charge in [0.15, 0.2) is 0 Å². The number of aromatic nitrogens is 3. The van der Waals surface area contributed by atoms with E-state index in [1.807, 2.05) is 148 Å². The molecule has 0 N–H and O–H groups in total. The van der Waals surface area contributed by atoms with Crippen molar-refractivity contribution in [2.24, 2.45) is 0 Å². The van der Waals surface area contributed by atoms with Gasteiger partial charge in [-0.2, -0.15) is 0 Å². The minimum Gasteiger partial charge on any atom is -0.476 e. The van der Waals surface area contributed by atoms with Crippen LogP contribution in [0.25, 0.3) is 55.7 Å². The van der Waals surface area contributed by atoms with Gasteiger partial charge in [-0.15, -0.1) is 89.5 Å². The molecule has 4 aromatic carbocycles. The Morgan fingerprint density at radius 1 is 0.511 bits per heavy atom. The van der Waals surface area contributed by atoms with Gasteiger partial charge in [0.2, 0.25) is 0 Å². The Labute approximate surface area is 289 Å². The SMILES string of the molecule is Cc1ccc(-c2[c-]cc3c(c2)oc2ccccc23)nc1.Cc1cccc(-c2[c-]cccc2)n1.Cc1cccc(-c2[c-]cccc2)n1.[Ir+3]. The summed E-state index contributed by atoms with van der Waals surface area (Å²) in [6.45, 7) is 6.02. The first-order valence-corrected chi connectivity index (χ1v) is 15.1. The van der Waals surface area contributed by atoms with Gasteiger partial charge in [0.05, 0.1) is 5.58 Å². The Morgan fingerprint density at radius 2 is 1.13 bits per heavy atom. The fourth-order valence-corrected chi connectivity index (χ4v) is 4.93. The van der Waals surface area contributed by atoms with Crippen molar-refractivity contribution in [2.45, 2.75) is 20.8 Å². The summed E-state index contributed by atoms with van der Waals surface area (Å²) < 4.78 is 5.89. The summed E-state index contributed by atoms with van der Waals surface area (Å²) in [5, 5.41) is 2.22. The molecule has 4 aromatic heterocycles. The number of hydrogen-bond acceptors (Lipinski definition) is 4. The summed E-state index contributed by atoms with van der Waals surface area (Å²) in [5.41, 5.74) is 10.9. The first-order valence-electron chi connectivity index (χ1n) is 15.1. The quantitative estimate of drug-likeness (QED) is 0.167. The third-order valence-corrected chi connectivity index (χ3v) is 7.24. The molecular formula is C42H32IrN3O. The Bertz CT molecular complexity index is 2100. The number of hydrogen-bond donors (Lipinski definition) is 0. The molecule has 8 aromatic rings. The molecule has 47 heavy (non-hydrogen) atoms. The maximum atomic E-state index is 5.89. The van der Waals surface area contributed by atoms with Crippen LogP contribution in [0.5, 0.6) is 0 Å². The summed E-state index contributed by atoms with van der Waals surface area (Å²) in [4.78, 5) is 13.3. The van der Waals surface area contributed by atoms with Gasteiger partial charge >= 0.3 is 20.1 Å². The first-order chi connectivity index (χ1) is 22.5. The van der Waals surface area contributed by atoms with Gasteiger partial charge < -0.3 is 19.4 Å². The zero-order chi connectivity index (χ0) is 31.7. The van der Waals surface area contributed by atoms with E-state index >= 15 is 0 Å². The standard InChI is InChI=1S/C18H12NO.2C12H10N.Ir/c1-12-6-9-16(19-11-12)13-7-8-15-14-4-2-3-5-17(14)20-18(15)10-13;2*1-10-6-5-9-12(13-10)11-7-3-2-4-8-11;/h2-6,8-11H,1H3;2*2-7,9H,1H3;/q3*-1;+3. The second-order valence-electron chi connectivity index (χ2n) is 10.8. The Hall–Kier alpha value is -5.22. The molecule has 8 rings (SSSR count). The molecule has 0 aliphatic heterocycles. The Kier molecular flexibility index (Phi) is 11.2. The molecule has 0 atom stereocenters. The normalized spacial score (nSPS) is 10.3. The number of aryl methyl sites for hydroxylation is 3. The molecule has 0 unspecified atom stereocenters. The van der Waals surface area contributed by atoms with Crippen LogP contribution in [0, 0.1) is 39.0 Å². The van der Waals surface area contributed by atoms with Crippen LogP contribution in [-0.2, 0) is 20.1 Å². The third-order valence-electron chi connectivity index (χ3n) is 7.24. The van der Waals surface area contributed by atoms with Crippen molar-refractivity contribution < 1.29 is 24.5 Å². The molecule has 4 nitrogen and oxygen atoms in total. The number of benzene rings is 4. The van der Waals surface area contributed by atoms with Crippen LogP contribution < -0.4 is 0 Å². The molecule has 0 spiro atoms. The zero-order valence-corrected chi connectivity index (χ0v) is 28.8. The summed E-state index contributed by atoms with van der Waals surface area (Å²) in [6, 6.07) is 53.5. The summed E-state index contributed by atoms with van der Waals surface area (Å²) >= 11 is 0. The average molecular weight is 787 g/mol. The predicted octanol–water partition coefficient (Wildman–Crippen LogP) is 10.5.